The number of hydrogen-bond donors (Lipinski definition) is 1. The Hall–Kier alpha value is -2.48. The van der Waals surface area contributed by atoms with Crippen LogP contribution in [0.4, 0.5) is 14.5 Å². The van der Waals surface area contributed by atoms with Gasteiger partial charge in [0.15, 0.2) is 5.82 Å². The molecule has 6 nitrogen and oxygen atoms in total. The Morgan fingerprint density at radius 3 is 2.62 bits per heavy atom. The van der Waals surface area contributed by atoms with E-state index in [4.69, 9.17) is 0 Å². The molecule has 3 heterocycles. The minimum Gasteiger partial charge on any atom is -0.477 e. The highest BCUT2D eigenvalue weighted by Gasteiger charge is 2.40. The molecule has 154 valence electrons. The number of likely N-dealkylation sites (tertiary alicyclic amines) is 1. The van der Waals surface area contributed by atoms with Crippen LogP contribution in [0.1, 0.15) is 42.1 Å². The summed E-state index contributed by atoms with van der Waals surface area (Å²) in [6.45, 7) is 2.10. The topological polar surface area (TPSA) is 65.8 Å². The fourth-order valence-electron chi connectivity index (χ4n) is 5.10. The average molecular weight is 403 g/mol. The molecule has 1 saturated carbocycles. The van der Waals surface area contributed by atoms with E-state index in [0.29, 0.717) is 19.0 Å². The first kappa shape index (κ1) is 18.5. The van der Waals surface area contributed by atoms with Gasteiger partial charge in [-0.15, -0.1) is 0 Å². The van der Waals surface area contributed by atoms with Crippen LogP contribution in [0.2, 0.25) is 0 Å². The Kier molecular flexibility index (Phi) is 4.17. The second-order valence-electron chi connectivity index (χ2n) is 8.59. The number of carboxylic acids is 1. The van der Waals surface area contributed by atoms with Crippen molar-refractivity contribution in [3.05, 3.63) is 39.7 Å². The summed E-state index contributed by atoms with van der Waals surface area (Å²) < 4.78 is 32.3. The number of piperidine rings is 1. The van der Waals surface area contributed by atoms with Crippen LogP contribution in [0.25, 0.3) is 10.9 Å². The van der Waals surface area contributed by atoms with Crippen molar-refractivity contribution in [2.75, 3.05) is 31.6 Å². The lowest BCUT2D eigenvalue weighted by Gasteiger charge is -2.33. The predicted molar refractivity (Wildman–Crippen MR) is 105 cm³/mol. The maximum atomic E-state index is 15.7. The molecule has 0 bridgehead atoms. The lowest BCUT2D eigenvalue weighted by atomic mass is 9.93. The van der Waals surface area contributed by atoms with Gasteiger partial charge in [-0.1, -0.05) is 0 Å². The van der Waals surface area contributed by atoms with E-state index in [9.17, 15) is 14.7 Å². The average Bonchev–Trinajstić information content (AvgIpc) is 3.42. The van der Waals surface area contributed by atoms with Crippen molar-refractivity contribution in [3.8, 4) is 0 Å². The number of carbonyl (C=O) groups is 1. The summed E-state index contributed by atoms with van der Waals surface area (Å²) >= 11 is 0. The molecule has 1 N–H and O–H groups in total. The quantitative estimate of drug-likeness (QED) is 0.854. The highest BCUT2D eigenvalue weighted by Crippen LogP contribution is 2.41. The first-order valence-corrected chi connectivity index (χ1v) is 10.1. The van der Waals surface area contributed by atoms with Crippen LogP contribution < -0.4 is 10.3 Å². The molecule has 0 spiro atoms. The smallest absolute Gasteiger partial charge is 0.341 e. The first-order valence-electron chi connectivity index (χ1n) is 10.1. The Balaban J connectivity index is 1.68. The lowest BCUT2D eigenvalue weighted by Crippen LogP contribution is -2.42. The Bertz CT molecular complexity index is 1080. The highest BCUT2D eigenvalue weighted by molar-refractivity contribution is 5.94. The van der Waals surface area contributed by atoms with Crippen LogP contribution in [0.5, 0.6) is 0 Å². The van der Waals surface area contributed by atoms with Gasteiger partial charge in [0.25, 0.3) is 0 Å². The maximum Gasteiger partial charge on any atom is 0.341 e. The largest absolute Gasteiger partial charge is 0.477 e. The fourth-order valence-corrected chi connectivity index (χ4v) is 5.10. The van der Waals surface area contributed by atoms with E-state index in [1.807, 2.05) is 7.05 Å². The SMILES string of the molecule is CN1CCC[C@H]2CN(c3c(F)cc4c(=O)c(C(=O)O)cn(C5CC5)c4c3F)C[C@H]21. The van der Waals surface area contributed by atoms with Crippen LogP contribution in [0, 0.1) is 17.6 Å². The molecule has 2 atom stereocenters. The third-order valence-electron chi connectivity index (χ3n) is 6.73. The van der Waals surface area contributed by atoms with Gasteiger partial charge in [0.05, 0.1) is 10.9 Å². The standard InChI is InChI=1S/C21H23F2N3O3/c1-24-6-2-3-11-8-25(10-16(11)24)19-15(22)7-13-18(17(19)23)26(12-4-5-12)9-14(20(13)27)21(28)29/h7,9,11-12,16H,2-6,8,10H2,1H3,(H,28,29)/t11-,16+/m0/s1. The number of rotatable bonds is 3. The van der Waals surface area contributed by atoms with Gasteiger partial charge in [-0.2, -0.15) is 0 Å². The molecule has 2 aliphatic heterocycles. The van der Waals surface area contributed by atoms with Crippen LogP contribution >= 0.6 is 0 Å². The number of pyridine rings is 1. The number of carboxylic acid groups (broad SMARTS) is 1. The summed E-state index contributed by atoms with van der Waals surface area (Å²) in [5.74, 6) is -2.59. The Morgan fingerprint density at radius 2 is 1.97 bits per heavy atom. The molecule has 3 aliphatic rings. The van der Waals surface area contributed by atoms with Crippen molar-refractivity contribution < 1.29 is 18.7 Å². The van der Waals surface area contributed by atoms with Gasteiger partial charge in [0.1, 0.15) is 17.1 Å². The van der Waals surface area contributed by atoms with Crippen LogP contribution in [-0.2, 0) is 0 Å². The molecular weight excluding hydrogens is 380 g/mol. The van der Waals surface area contributed by atoms with Gasteiger partial charge in [-0.3, -0.25) is 4.79 Å². The molecule has 3 fully saturated rings. The van der Waals surface area contributed by atoms with E-state index >= 15 is 8.78 Å². The summed E-state index contributed by atoms with van der Waals surface area (Å²) in [6.07, 6.45) is 4.89. The maximum absolute atomic E-state index is 15.7. The predicted octanol–water partition coefficient (Wildman–Crippen LogP) is 2.84. The molecule has 2 saturated heterocycles. The van der Waals surface area contributed by atoms with Gasteiger partial charge in [0, 0.05) is 31.4 Å². The molecule has 1 aliphatic carbocycles. The summed E-state index contributed by atoms with van der Waals surface area (Å²) in [4.78, 5) is 28.1. The molecule has 1 aromatic heterocycles. The van der Waals surface area contributed by atoms with Gasteiger partial charge in [-0.05, 0) is 51.3 Å². The number of halogens is 2. The van der Waals surface area contributed by atoms with Crippen molar-refractivity contribution in [1.29, 1.82) is 0 Å². The second kappa shape index (κ2) is 6.52. The number of aromatic nitrogens is 1. The number of likely N-dealkylation sites (N-methyl/N-ethyl adjacent to an activating group) is 1. The second-order valence-corrected chi connectivity index (χ2v) is 8.59. The number of nitrogens with zero attached hydrogens (tertiary/aromatic N) is 3. The van der Waals surface area contributed by atoms with Crippen molar-refractivity contribution in [3.63, 3.8) is 0 Å². The van der Waals surface area contributed by atoms with Crippen LogP contribution in [-0.4, -0.2) is 53.3 Å². The zero-order valence-corrected chi connectivity index (χ0v) is 16.2. The molecular formula is C21H23F2N3O3. The summed E-state index contributed by atoms with van der Waals surface area (Å²) in [5.41, 5.74) is -1.38. The number of fused-ring (bicyclic) bond motifs is 2. The first-order chi connectivity index (χ1) is 13.9. The Morgan fingerprint density at radius 1 is 1.21 bits per heavy atom. The van der Waals surface area contributed by atoms with E-state index in [1.165, 1.54) is 10.8 Å². The molecule has 0 unspecified atom stereocenters. The monoisotopic (exact) mass is 403 g/mol. The van der Waals surface area contributed by atoms with E-state index in [0.717, 1.165) is 38.3 Å². The number of benzene rings is 1. The minimum absolute atomic E-state index is 0.0159. The van der Waals surface area contributed by atoms with Gasteiger partial charge in [0.2, 0.25) is 5.43 Å². The molecule has 1 aromatic carbocycles. The molecule has 29 heavy (non-hydrogen) atoms. The molecule has 8 heteroatoms. The highest BCUT2D eigenvalue weighted by atomic mass is 19.1. The van der Waals surface area contributed by atoms with Crippen molar-refractivity contribution in [2.24, 2.45) is 5.92 Å². The van der Waals surface area contributed by atoms with Crippen molar-refractivity contribution in [1.82, 2.24) is 9.47 Å². The minimum atomic E-state index is -1.39. The van der Waals surface area contributed by atoms with E-state index in [-0.39, 0.29) is 28.7 Å². The zero-order chi connectivity index (χ0) is 20.4. The summed E-state index contributed by atoms with van der Waals surface area (Å²) in [7, 11) is 2.05. The van der Waals surface area contributed by atoms with Gasteiger partial charge in [-0.25, -0.2) is 13.6 Å². The third kappa shape index (κ3) is 2.84. The fraction of sp³-hybridized carbons (Fsp3) is 0.524. The molecule has 5 rings (SSSR count). The molecule has 0 amide bonds. The van der Waals surface area contributed by atoms with Crippen LogP contribution in [0.3, 0.4) is 0 Å². The number of hydrogen-bond acceptors (Lipinski definition) is 4. The lowest BCUT2D eigenvalue weighted by molar-refractivity contribution is 0.0695. The molecule has 2 aromatic rings. The van der Waals surface area contributed by atoms with Crippen molar-refractivity contribution in [2.45, 2.75) is 37.8 Å². The van der Waals surface area contributed by atoms with Gasteiger partial charge < -0.3 is 19.5 Å². The van der Waals surface area contributed by atoms with Crippen molar-refractivity contribution >= 4 is 22.6 Å². The summed E-state index contributed by atoms with van der Waals surface area (Å²) in [6, 6.07) is 1.22. The molecule has 0 radical (unpaired) electrons. The van der Waals surface area contributed by atoms with Crippen LogP contribution in [0.15, 0.2) is 17.1 Å². The van der Waals surface area contributed by atoms with E-state index in [2.05, 4.69) is 4.90 Å². The zero-order valence-electron chi connectivity index (χ0n) is 16.2. The van der Waals surface area contributed by atoms with E-state index in [1.54, 1.807) is 4.90 Å². The number of aromatic carboxylic acids is 1. The third-order valence-corrected chi connectivity index (χ3v) is 6.73. The normalized spacial score (nSPS) is 24.9. The van der Waals surface area contributed by atoms with E-state index < -0.39 is 28.6 Å². The Labute approximate surface area is 166 Å². The summed E-state index contributed by atoms with van der Waals surface area (Å²) in [5, 5.41) is 9.14. The number of anilines is 1. The van der Waals surface area contributed by atoms with Gasteiger partial charge >= 0.3 is 5.97 Å².